The van der Waals surface area contributed by atoms with Crippen LogP contribution in [-0.4, -0.2) is 20.3 Å². The van der Waals surface area contributed by atoms with Gasteiger partial charge in [-0.15, -0.1) is 0 Å². The molecule has 0 aliphatic rings. The fourth-order valence-corrected chi connectivity index (χ4v) is 2.16. The molecule has 0 bridgehead atoms. The summed E-state index contributed by atoms with van der Waals surface area (Å²) in [5.41, 5.74) is 2.09. The highest BCUT2D eigenvalue weighted by atomic mass is 16.5. The van der Waals surface area contributed by atoms with Gasteiger partial charge in [0.1, 0.15) is 5.75 Å². The molecule has 0 spiro atoms. The molecule has 0 saturated carbocycles. The normalized spacial score (nSPS) is 10.4. The van der Waals surface area contributed by atoms with Crippen LogP contribution in [0.4, 0.5) is 5.69 Å². The van der Waals surface area contributed by atoms with E-state index in [-0.39, 0.29) is 6.10 Å². The molecule has 0 amide bonds. The van der Waals surface area contributed by atoms with Crippen molar-refractivity contribution in [1.29, 1.82) is 0 Å². The highest BCUT2D eigenvalue weighted by molar-refractivity contribution is 5.55. The second-order valence-electron chi connectivity index (χ2n) is 5.20. The van der Waals surface area contributed by atoms with Gasteiger partial charge in [-0.05, 0) is 32.0 Å². The average Bonchev–Trinajstić information content (AvgIpc) is 2.53. The third kappa shape index (κ3) is 4.07. The van der Waals surface area contributed by atoms with E-state index >= 15 is 0 Å². The first-order valence-corrected chi connectivity index (χ1v) is 7.34. The summed E-state index contributed by atoms with van der Waals surface area (Å²) in [5, 5.41) is 3.39. The molecule has 0 unspecified atom stereocenters. The van der Waals surface area contributed by atoms with E-state index in [0.29, 0.717) is 12.3 Å². The van der Waals surface area contributed by atoms with E-state index in [2.05, 4.69) is 11.4 Å². The third-order valence-electron chi connectivity index (χ3n) is 3.20. The molecule has 1 N–H and O–H groups in total. The predicted octanol–water partition coefficient (Wildman–Crippen LogP) is 4.10. The van der Waals surface area contributed by atoms with Crippen LogP contribution in [0.3, 0.4) is 0 Å². The smallest absolute Gasteiger partial charge is 0.162 e. The first-order chi connectivity index (χ1) is 10.6. The molecule has 22 heavy (non-hydrogen) atoms. The summed E-state index contributed by atoms with van der Waals surface area (Å²) in [5.74, 6) is 2.33. The SMILES string of the molecule is COc1ccc(NCc2ccccc2OC(C)C)cc1OC. The largest absolute Gasteiger partial charge is 0.493 e. The van der Waals surface area contributed by atoms with E-state index in [4.69, 9.17) is 14.2 Å². The van der Waals surface area contributed by atoms with Crippen LogP contribution in [0.2, 0.25) is 0 Å². The predicted molar refractivity (Wildman–Crippen MR) is 89.1 cm³/mol. The molecule has 2 aromatic rings. The van der Waals surface area contributed by atoms with Gasteiger partial charge in [0, 0.05) is 23.9 Å². The molecule has 2 rings (SSSR count). The zero-order valence-electron chi connectivity index (χ0n) is 13.6. The van der Waals surface area contributed by atoms with Crippen LogP contribution in [0.15, 0.2) is 42.5 Å². The first-order valence-electron chi connectivity index (χ1n) is 7.34. The number of hydrogen-bond acceptors (Lipinski definition) is 4. The van der Waals surface area contributed by atoms with Crippen LogP contribution in [0.5, 0.6) is 17.2 Å². The van der Waals surface area contributed by atoms with Crippen LogP contribution >= 0.6 is 0 Å². The van der Waals surface area contributed by atoms with Crippen molar-refractivity contribution >= 4 is 5.69 Å². The van der Waals surface area contributed by atoms with Crippen LogP contribution in [0.25, 0.3) is 0 Å². The summed E-state index contributed by atoms with van der Waals surface area (Å²) in [6, 6.07) is 13.8. The van der Waals surface area contributed by atoms with E-state index in [9.17, 15) is 0 Å². The molecular formula is C18H23NO3. The summed E-state index contributed by atoms with van der Waals surface area (Å²) in [7, 11) is 3.26. The molecule has 0 aliphatic heterocycles. The van der Waals surface area contributed by atoms with Gasteiger partial charge in [-0.3, -0.25) is 0 Å². The first kappa shape index (κ1) is 16.0. The molecule has 0 saturated heterocycles. The number of hydrogen-bond donors (Lipinski definition) is 1. The summed E-state index contributed by atoms with van der Waals surface area (Å²) in [6.07, 6.45) is 0.155. The van der Waals surface area contributed by atoms with Gasteiger partial charge in [0.05, 0.1) is 20.3 Å². The van der Waals surface area contributed by atoms with E-state index in [1.165, 1.54) is 0 Å². The van der Waals surface area contributed by atoms with E-state index in [1.54, 1.807) is 14.2 Å². The van der Waals surface area contributed by atoms with E-state index in [1.807, 2.05) is 50.2 Å². The highest BCUT2D eigenvalue weighted by Gasteiger charge is 2.07. The molecule has 0 fully saturated rings. The van der Waals surface area contributed by atoms with Crippen LogP contribution in [-0.2, 0) is 6.54 Å². The van der Waals surface area contributed by atoms with Gasteiger partial charge < -0.3 is 19.5 Å². The van der Waals surface area contributed by atoms with Gasteiger partial charge in [0.25, 0.3) is 0 Å². The molecule has 2 aromatic carbocycles. The molecular weight excluding hydrogens is 278 g/mol. The van der Waals surface area contributed by atoms with Crippen molar-refractivity contribution in [3.63, 3.8) is 0 Å². The van der Waals surface area contributed by atoms with Gasteiger partial charge in [0.15, 0.2) is 11.5 Å². The monoisotopic (exact) mass is 301 g/mol. The maximum atomic E-state index is 5.83. The molecule has 4 heteroatoms. The fraction of sp³-hybridized carbons (Fsp3) is 0.333. The average molecular weight is 301 g/mol. The lowest BCUT2D eigenvalue weighted by atomic mass is 10.2. The molecule has 118 valence electrons. The van der Waals surface area contributed by atoms with Gasteiger partial charge in [-0.1, -0.05) is 18.2 Å². The summed E-state index contributed by atoms with van der Waals surface area (Å²) < 4.78 is 16.4. The lowest BCUT2D eigenvalue weighted by molar-refractivity contribution is 0.240. The number of methoxy groups -OCH3 is 2. The summed E-state index contributed by atoms with van der Waals surface area (Å²) >= 11 is 0. The summed E-state index contributed by atoms with van der Waals surface area (Å²) in [4.78, 5) is 0. The fourth-order valence-electron chi connectivity index (χ4n) is 2.16. The topological polar surface area (TPSA) is 39.7 Å². The second-order valence-corrected chi connectivity index (χ2v) is 5.20. The van der Waals surface area contributed by atoms with E-state index in [0.717, 1.165) is 22.7 Å². The molecule has 4 nitrogen and oxygen atoms in total. The van der Waals surface area contributed by atoms with Crippen LogP contribution in [0.1, 0.15) is 19.4 Å². The Morgan fingerprint density at radius 2 is 1.64 bits per heavy atom. The Kier molecular flexibility index (Phi) is 5.53. The number of para-hydroxylation sites is 1. The van der Waals surface area contributed by atoms with E-state index < -0.39 is 0 Å². The zero-order valence-corrected chi connectivity index (χ0v) is 13.6. The maximum absolute atomic E-state index is 5.83. The molecule has 0 atom stereocenters. The number of rotatable bonds is 7. The van der Waals surface area contributed by atoms with Crippen LogP contribution in [0, 0.1) is 0 Å². The van der Waals surface area contributed by atoms with Gasteiger partial charge in [-0.2, -0.15) is 0 Å². The number of nitrogens with one attached hydrogen (secondary N) is 1. The Bertz CT molecular complexity index is 611. The lowest BCUT2D eigenvalue weighted by Crippen LogP contribution is -2.09. The minimum atomic E-state index is 0.155. The molecule has 0 radical (unpaired) electrons. The Morgan fingerprint density at radius 1 is 0.909 bits per heavy atom. The quantitative estimate of drug-likeness (QED) is 0.835. The Balaban J connectivity index is 2.10. The van der Waals surface area contributed by atoms with Crippen molar-refractivity contribution in [1.82, 2.24) is 0 Å². The molecule has 0 aromatic heterocycles. The van der Waals surface area contributed by atoms with Gasteiger partial charge in [0.2, 0.25) is 0 Å². The van der Waals surface area contributed by atoms with Crippen LogP contribution < -0.4 is 19.5 Å². The highest BCUT2D eigenvalue weighted by Crippen LogP contribution is 2.30. The van der Waals surface area contributed by atoms with Crippen molar-refractivity contribution < 1.29 is 14.2 Å². The molecule has 0 aliphatic carbocycles. The maximum Gasteiger partial charge on any atom is 0.162 e. The van der Waals surface area contributed by atoms with Gasteiger partial charge >= 0.3 is 0 Å². The number of anilines is 1. The minimum Gasteiger partial charge on any atom is -0.493 e. The number of ether oxygens (including phenoxy) is 3. The third-order valence-corrected chi connectivity index (χ3v) is 3.20. The number of benzene rings is 2. The van der Waals surface area contributed by atoms with Crippen molar-refractivity contribution in [2.75, 3.05) is 19.5 Å². The van der Waals surface area contributed by atoms with Crippen molar-refractivity contribution in [2.45, 2.75) is 26.5 Å². The standard InChI is InChI=1S/C18H23NO3/c1-13(2)22-16-8-6-5-7-14(16)12-19-15-9-10-17(20-3)18(11-15)21-4/h5-11,13,19H,12H2,1-4H3. The van der Waals surface area contributed by atoms with Gasteiger partial charge in [-0.25, -0.2) is 0 Å². The lowest BCUT2D eigenvalue weighted by Gasteiger charge is -2.15. The Hall–Kier alpha value is -2.36. The zero-order chi connectivity index (χ0) is 15.9. The minimum absolute atomic E-state index is 0.155. The molecule has 0 heterocycles. The van der Waals surface area contributed by atoms with Crippen molar-refractivity contribution in [3.05, 3.63) is 48.0 Å². The second kappa shape index (κ2) is 7.59. The Morgan fingerprint density at radius 3 is 2.32 bits per heavy atom. The summed E-state index contributed by atoms with van der Waals surface area (Å²) in [6.45, 7) is 4.73. The van der Waals surface area contributed by atoms with Crippen molar-refractivity contribution in [3.8, 4) is 17.2 Å². The Labute approximate surface area is 132 Å². The van der Waals surface area contributed by atoms with Crippen molar-refractivity contribution in [2.24, 2.45) is 0 Å².